The van der Waals surface area contributed by atoms with Gasteiger partial charge in [0.25, 0.3) is 0 Å². The van der Waals surface area contributed by atoms with Crippen LogP contribution < -0.4 is 5.73 Å². The average molecular weight is 199 g/mol. The van der Waals surface area contributed by atoms with E-state index in [1.165, 1.54) is 23.7 Å². The van der Waals surface area contributed by atoms with Crippen molar-refractivity contribution in [1.29, 1.82) is 0 Å². The molecule has 0 bridgehead atoms. The van der Waals surface area contributed by atoms with Crippen LogP contribution in [-0.4, -0.2) is 7.05 Å². The summed E-state index contributed by atoms with van der Waals surface area (Å²) in [4.78, 5) is 0. The second kappa shape index (κ2) is 5.99. The SMILES string of the molecule is CN.Cc1ccc(-c2ccccc2)cc1. The minimum atomic E-state index is 1.28. The van der Waals surface area contributed by atoms with Gasteiger partial charge < -0.3 is 5.73 Å². The smallest absolute Gasteiger partial charge is 0.0184 e. The van der Waals surface area contributed by atoms with Crippen molar-refractivity contribution in [3.63, 3.8) is 0 Å². The van der Waals surface area contributed by atoms with Gasteiger partial charge in [0.2, 0.25) is 0 Å². The molecule has 2 rings (SSSR count). The number of hydrogen-bond acceptors (Lipinski definition) is 1. The molecule has 0 spiro atoms. The first-order valence-electron chi connectivity index (χ1n) is 5.06. The topological polar surface area (TPSA) is 26.0 Å². The molecule has 0 saturated heterocycles. The summed E-state index contributed by atoms with van der Waals surface area (Å²) in [6.07, 6.45) is 0. The van der Waals surface area contributed by atoms with Gasteiger partial charge in [-0.05, 0) is 25.1 Å². The lowest BCUT2D eigenvalue weighted by Crippen LogP contribution is -1.76. The van der Waals surface area contributed by atoms with E-state index in [-0.39, 0.29) is 0 Å². The van der Waals surface area contributed by atoms with Crippen LogP contribution in [0.2, 0.25) is 0 Å². The monoisotopic (exact) mass is 199 g/mol. The van der Waals surface area contributed by atoms with Crippen LogP contribution in [0, 0.1) is 6.92 Å². The Morgan fingerprint density at radius 2 is 1.13 bits per heavy atom. The molecule has 78 valence electrons. The fourth-order valence-corrected chi connectivity index (χ4v) is 1.38. The Bertz CT molecular complexity index is 376. The third kappa shape index (κ3) is 3.22. The first kappa shape index (κ1) is 11.5. The van der Waals surface area contributed by atoms with E-state index in [0.717, 1.165) is 0 Å². The van der Waals surface area contributed by atoms with Crippen LogP contribution in [0.4, 0.5) is 0 Å². The zero-order chi connectivity index (χ0) is 11.1. The molecule has 2 aromatic rings. The van der Waals surface area contributed by atoms with Crippen LogP contribution in [0.5, 0.6) is 0 Å². The molecular formula is C14H17N. The number of rotatable bonds is 1. The highest BCUT2D eigenvalue weighted by Gasteiger charge is 1.93. The Morgan fingerprint density at radius 3 is 1.67 bits per heavy atom. The van der Waals surface area contributed by atoms with E-state index >= 15 is 0 Å². The average Bonchev–Trinajstić information content (AvgIpc) is 2.34. The van der Waals surface area contributed by atoms with Gasteiger partial charge >= 0.3 is 0 Å². The van der Waals surface area contributed by atoms with Crippen LogP contribution in [0.3, 0.4) is 0 Å². The van der Waals surface area contributed by atoms with E-state index in [0.29, 0.717) is 0 Å². The van der Waals surface area contributed by atoms with Crippen molar-refractivity contribution < 1.29 is 0 Å². The number of benzene rings is 2. The van der Waals surface area contributed by atoms with E-state index in [1.54, 1.807) is 0 Å². The molecule has 0 saturated carbocycles. The highest BCUT2D eigenvalue weighted by atomic mass is 14.4. The van der Waals surface area contributed by atoms with Crippen molar-refractivity contribution >= 4 is 0 Å². The summed E-state index contributed by atoms with van der Waals surface area (Å²) in [6.45, 7) is 2.11. The minimum Gasteiger partial charge on any atom is -0.333 e. The standard InChI is InChI=1S/C13H12.CH5N/c1-11-7-9-13(10-8-11)12-5-3-2-4-6-12;1-2/h2-10H,1H3;2H2,1H3. The maximum absolute atomic E-state index is 4.50. The zero-order valence-electron chi connectivity index (χ0n) is 9.27. The predicted molar refractivity (Wildman–Crippen MR) is 66.7 cm³/mol. The maximum atomic E-state index is 4.50. The van der Waals surface area contributed by atoms with Gasteiger partial charge in [0.15, 0.2) is 0 Å². The third-order valence-electron chi connectivity index (χ3n) is 2.16. The first-order valence-corrected chi connectivity index (χ1v) is 5.06. The lowest BCUT2D eigenvalue weighted by molar-refractivity contribution is 1.47. The minimum absolute atomic E-state index is 1.28. The third-order valence-corrected chi connectivity index (χ3v) is 2.16. The van der Waals surface area contributed by atoms with Crippen LogP contribution in [0.1, 0.15) is 5.56 Å². The fourth-order valence-electron chi connectivity index (χ4n) is 1.38. The molecule has 0 unspecified atom stereocenters. The summed E-state index contributed by atoms with van der Waals surface area (Å²) in [7, 11) is 1.50. The van der Waals surface area contributed by atoms with Crippen molar-refractivity contribution in [2.24, 2.45) is 5.73 Å². The van der Waals surface area contributed by atoms with Crippen LogP contribution >= 0.6 is 0 Å². The molecule has 0 aromatic heterocycles. The number of aryl methyl sites for hydroxylation is 1. The highest BCUT2D eigenvalue weighted by molar-refractivity contribution is 5.63. The number of hydrogen-bond donors (Lipinski definition) is 1. The van der Waals surface area contributed by atoms with Gasteiger partial charge in [-0.3, -0.25) is 0 Å². The molecule has 0 aliphatic heterocycles. The Labute approximate surface area is 91.6 Å². The second-order valence-electron chi connectivity index (χ2n) is 3.23. The lowest BCUT2D eigenvalue weighted by Gasteiger charge is -2.00. The second-order valence-corrected chi connectivity index (χ2v) is 3.23. The Morgan fingerprint density at radius 1 is 0.667 bits per heavy atom. The summed E-state index contributed by atoms with van der Waals surface area (Å²) in [5.74, 6) is 0. The Kier molecular flexibility index (Phi) is 4.58. The van der Waals surface area contributed by atoms with Gasteiger partial charge in [0, 0.05) is 0 Å². The van der Waals surface area contributed by atoms with E-state index < -0.39 is 0 Å². The largest absolute Gasteiger partial charge is 0.333 e. The molecule has 0 radical (unpaired) electrons. The van der Waals surface area contributed by atoms with Gasteiger partial charge in [-0.1, -0.05) is 60.2 Å². The van der Waals surface area contributed by atoms with Gasteiger partial charge in [-0.2, -0.15) is 0 Å². The van der Waals surface area contributed by atoms with E-state index in [4.69, 9.17) is 0 Å². The van der Waals surface area contributed by atoms with Gasteiger partial charge in [0.05, 0.1) is 0 Å². The van der Waals surface area contributed by atoms with Crippen LogP contribution in [0.15, 0.2) is 54.6 Å². The highest BCUT2D eigenvalue weighted by Crippen LogP contribution is 2.18. The van der Waals surface area contributed by atoms with Gasteiger partial charge in [-0.25, -0.2) is 0 Å². The summed E-state index contributed by atoms with van der Waals surface area (Å²) in [5.41, 5.74) is 8.37. The molecule has 2 N–H and O–H groups in total. The quantitative estimate of drug-likeness (QED) is 0.749. The molecule has 0 atom stereocenters. The molecule has 0 aliphatic rings. The van der Waals surface area contributed by atoms with E-state index in [1.807, 2.05) is 6.07 Å². The summed E-state index contributed by atoms with van der Waals surface area (Å²) in [6, 6.07) is 19.0. The van der Waals surface area contributed by atoms with Crippen molar-refractivity contribution in [1.82, 2.24) is 0 Å². The molecule has 0 fully saturated rings. The fraction of sp³-hybridized carbons (Fsp3) is 0.143. The van der Waals surface area contributed by atoms with Gasteiger partial charge in [-0.15, -0.1) is 0 Å². The van der Waals surface area contributed by atoms with E-state index in [2.05, 4.69) is 61.2 Å². The molecule has 0 aliphatic carbocycles. The molecule has 1 nitrogen and oxygen atoms in total. The summed E-state index contributed by atoms with van der Waals surface area (Å²) < 4.78 is 0. The van der Waals surface area contributed by atoms with Crippen LogP contribution in [0.25, 0.3) is 11.1 Å². The number of nitrogens with two attached hydrogens (primary N) is 1. The van der Waals surface area contributed by atoms with Crippen molar-refractivity contribution in [2.45, 2.75) is 6.92 Å². The maximum Gasteiger partial charge on any atom is -0.0184 e. The van der Waals surface area contributed by atoms with Crippen molar-refractivity contribution in [2.75, 3.05) is 7.05 Å². The normalized spacial score (nSPS) is 9.00. The molecule has 0 amide bonds. The Balaban J connectivity index is 0.000000531. The summed E-state index contributed by atoms with van der Waals surface area (Å²) in [5, 5.41) is 0. The first-order chi connectivity index (χ1) is 7.36. The predicted octanol–water partition coefficient (Wildman–Crippen LogP) is 3.24. The zero-order valence-corrected chi connectivity index (χ0v) is 9.27. The molecule has 0 heterocycles. The molecule has 1 heteroatoms. The van der Waals surface area contributed by atoms with E-state index in [9.17, 15) is 0 Å². The molecule has 2 aromatic carbocycles. The Hall–Kier alpha value is -1.60. The van der Waals surface area contributed by atoms with Crippen molar-refractivity contribution in [3.05, 3.63) is 60.2 Å². The summed E-state index contributed by atoms with van der Waals surface area (Å²) >= 11 is 0. The van der Waals surface area contributed by atoms with Gasteiger partial charge in [0.1, 0.15) is 0 Å². The van der Waals surface area contributed by atoms with Crippen molar-refractivity contribution in [3.8, 4) is 11.1 Å². The van der Waals surface area contributed by atoms with Crippen LogP contribution in [-0.2, 0) is 0 Å². The molecule has 15 heavy (non-hydrogen) atoms. The lowest BCUT2D eigenvalue weighted by atomic mass is 10.0. The molecular weight excluding hydrogens is 182 g/mol.